The number of alkyl halides is 1. The van der Waals surface area contributed by atoms with Gasteiger partial charge in [0.05, 0.1) is 4.75 Å². The van der Waals surface area contributed by atoms with Gasteiger partial charge in [-0.1, -0.05) is 0 Å². The van der Waals surface area contributed by atoms with Gasteiger partial charge in [-0.05, 0) is 52.9 Å². The molecular weight excluding hydrogens is 225 g/mol. The molecule has 2 bridgehead atoms. The van der Waals surface area contributed by atoms with Gasteiger partial charge in [0.2, 0.25) is 0 Å². The van der Waals surface area contributed by atoms with E-state index in [0.29, 0.717) is 19.3 Å². The van der Waals surface area contributed by atoms with Crippen molar-refractivity contribution < 1.29 is 8.60 Å². The highest BCUT2D eigenvalue weighted by Crippen LogP contribution is 2.57. The fourth-order valence-corrected chi connectivity index (χ4v) is 3.31. The van der Waals surface area contributed by atoms with E-state index in [1.54, 1.807) is 6.21 Å². The van der Waals surface area contributed by atoms with Crippen LogP contribution in [0.5, 0.6) is 0 Å². The van der Waals surface area contributed by atoms with Gasteiger partial charge in [0, 0.05) is 11.6 Å². The lowest BCUT2D eigenvalue weighted by Gasteiger charge is -2.21. The Morgan fingerprint density at radius 3 is 2.19 bits per heavy atom. The predicted molar refractivity (Wildman–Crippen MR) is 65.7 cm³/mol. The molecule has 0 N–H and O–H groups in total. The number of rotatable bonds is 2. The maximum absolute atomic E-state index is 13.9. The van der Waals surface area contributed by atoms with Crippen LogP contribution in [0.2, 0.25) is 0 Å². The number of hydrogen-bond acceptors (Lipinski definition) is 1. The fraction of sp³-hybridized carbons (Fsp3) is 0.917. The molecule has 2 saturated carbocycles. The molecule has 16 heavy (non-hydrogen) atoms. The molecule has 2 rings (SSSR count). The minimum Gasteiger partial charge on any atom is -0.244 e. The average Bonchev–Trinajstić information content (AvgIpc) is 2.67. The first kappa shape index (κ1) is 12.2. The Kier molecular flexibility index (Phi) is 2.76. The summed E-state index contributed by atoms with van der Waals surface area (Å²) < 4.78 is 29.6. The number of nitrogens with zero attached hydrogens (tertiary/aromatic N) is 1. The zero-order valence-corrected chi connectivity index (χ0v) is 11.1. The van der Waals surface area contributed by atoms with Gasteiger partial charge in [-0.15, -0.1) is 0 Å². The van der Waals surface area contributed by atoms with Crippen molar-refractivity contribution in [2.75, 3.05) is 0 Å². The molecule has 92 valence electrons. The van der Waals surface area contributed by atoms with Crippen LogP contribution < -0.4 is 0 Å². The van der Waals surface area contributed by atoms with Crippen molar-refractivity contribution in [3.8, 4) is 0 Å². The number of halogens is 1. The summed E-state index contributed by atoms with van der Waals surface area (Å²) in [6.07, 6.45) is 5.43. The summed E-state index contributed by atoms with van der Waals surface area (Å²) in [7, 11) is -1.21. The van der Waals surface area contributed by atoms with Gasteiger partial charge in [0.15, 0.2) is 0 Å². The summed E-state index contributed by atoms with van der Waals surface area (Å²) in [4.78, 5) is 0. The van der Waals surface area contributed by atoms with Crippen LogP contribution in [0.4, 0.5) is 4.39 Å². The number of fused-ring (bicyclic) bond motifs is 2. The molecule has 1 atom stereocenters. The molecule has 0 aromatic rings. The SMILES string of the molecule is CC(C)(C)S(=O)/N=C\C12CCC(F)(CC1)C2. The Bertz CT molecular complexity index is 337. The molecule has 0 aromatic carbocycles. The minimum atomic E-state index is -1.21. The predicted octanol–water partition coefficient (Wildman–Crippen LogP) is 3.19. The van der Waals surface area contributed by atoms with Crippen LogP contribution in [0.1, 0.15) is 52.9 Å². The molecule has 1 unspecified atom stereocenters. The van der Waals surface area contributed by atoms with E-state index in [0.717, 1.165) is 12.8 Å². The van der Waals surface area contributed by atoms with Crippen LogP contribution in [-0.4, -0.2) is 20.8 Å². The second kappa shape index (κ2) is 3.62. The van der Waals surface area contributed by atoms with Crippen LogP contribution in [0.3, 0.4) is 0 Å². The van der Waals surface area contributed by atoms with Crippen molar-refractivity contribution in [1.82, 2.24) is 0 Å². The molecule has 0 radical (unpaired) electrons. The normalized spacial score (nSPS) is 40.8. The van der Waals surface area contributed by atoms with E-state index in [2.05, 4.69) is 4.40 Å². The molecule has 0 saturated heterocycles. The van der Waals surface area contributed by atoms with E-state index in [4.69, 9.17) is 0 Å². The van der Waals surface area contributed by atoms with Gasteiger partial charge in [0.1, 0.15) is 16.7 Å². The van der Waals surface area contributed by atoms with Crippen molar-refractivity contribution in [3.05, 3.63) is 0 Å². The first-order chi connectivity index (χ1) is 7.25. The fourth-order valence-electron chi connectivity index (χ4n) is 2.67. The molecule has 0 heterocycles. The first-order valence-electron chi connectivity index (χ1n) is 5.91. The Balaban J connectivity index is 2.06. The lowest BCUT2D eigenvalue weighted by Crippen LogP contribution is -2.22. The van der Waals surface area contributed by atoms with Crippen molar-refractivity contribution >= 4 is 17.2 Å². The Hall–Kier alpha value is -0.250. The van der Waals surface area contributed by atoms with E-state index in [1.807, 2.05) is 20.8 Å². The van der Waals surface area contributed by atoms with E-state index in [1.165, 1.54) is 0 Å². The third kappa shape index (κ3) is 2.22. The van der Waals surface area contributed by atoms with Gasteiger partial charge in [-0.3, -0.25) is 0 Å². The van der Waals surface area contributed by atoms with Crippen molar-refractivity contribution in [3.63, 3.8) is 0 Å². The highest BCUT2D eigenvalue weighted by molar-refractivity contribution is 7.85. The molecule has 0 amide bonds. The molecule has 0 aliphatic heterocycles. The Morgan fingerprint density at radius 2 is 1.81 bits per heavy atom. The van der Waals surface area contributed by atoms with Crippen LogP contribution >= 0.6 is 0 Å². The molecule has 4 heteroatoms. The summed E-state index contributed by atoms with van der Waals surface area (Å²) in [6.45, 7) is 5.71. The largest absolute Gasteiger partial charge is 0.244 e. The third-order valence-corrected chi connectivity index (χ3v) is 5.10. The maximum atomic E-state index is 13.9. The van der Waals surface area contributed by atoms with Gasteiger partial charge in [-0.2, -0.15) is 4.40 Å². The molecule has 2 fully saturated rings. The maximum Gasteiger partial charge on any atom is 0.144 e. The van der Waals surface area contributed by atoms with Gasteiger partial charge in [-0.25, -0.2) is 8.60 Å². The van der Waals surface area contributed by atoms with Crippen molar-refractivity contribution in [2.45, 2.75) is 63.3 Å². The molecule has 2 aliphatic rings. The second-order valence-corrected chi connectivity index (χ2v) is 8.22. The van der Waals surface area contributed by atoms with Crippen LogP contribution in [-0.2, 0) is 11.0 Å². The lowest BCUT2D eigenvalue weighted by molar-refractivity contribution is 0.176. The van der Waals surface area contributed by atoms with Gasteiger partial charge in [0.25, 0.3) is 0 Å². The van der Waals surface area contributed by atoms with E-state index in [9.17, 15) is 8.60 Å². The molecule has 0 aromatic heterocycles. The quantitative estimate of drug-likeness (QED) is 0.687. The van der Waals surface area contributed by atoms with E-state index in [-0.39, 0.29) is 10.2 Å². The molecule has 2 nitrogen and oxygen atoms in total. The summed E-state index contributed by atoms with van der Waals surface area (Å²) >= 11 is 0. The summed E-state index contributed by atoms with van der Waals surface area (Å²) in [6, 6.07) is 0. The lowest BCUT2D eigenvalue weighted by atomic mass is 9.86. The summed E-state index contributed by atoms with van der Waals surface area (Å²) in [5.41, 5.74) is -1.04. The zero-order chi connectivity index (χ0) is 12.0. The van der Waals surface area contributed by atoms with Crippen LogP contribution in [0.15, 0.2) is 4.40 Å². The number of hydrogen-bond donors (Lipinski definition) is 0. The average molecular weight is 245 g/mol. The molecule has 0 spiro atoms. The Morgan fingerprint density at radius 1 is 1.25 bits per heavy atom. The first-order valence-corrected chi connectivity index (χ1v) is 7.02. The van der Waals surface area contributed by atoms with E-state index >= 15 is 0 Å². The minimum absolute atomic E-state index is 0.0876. The topological polar surface area (TPSA) is 29.4 Å². The highest BCUT2D eigenvalue weighted by atomic mass is 32.2. The molecular formula is C12H20FNOS. The third-order valence-electron chi connectivity index (χ3n) is 3.76. The standard InChI is InChI=1S/C12H20FNOS/c1-10(2,3)16(15)14-9-11-4-6-12(13,8-11)7-5-11/h9H,4-8H2,1-3H3/b14-9-. The molecule has 2 aliphatic carbocycles. The van der Waals surface area contributed by atoms with Crippen LogP contribution in [0.25, 0.3) is 0 Å². The van der Waals surface area contributed by atoms with Gasteiger partial charge >= 0.3 is 0 Å². The monoisotopic (exact) mass is 245 g/mol. The van der Waals surface area contributed by atoms with Crippen molar-refractivity contribution in [1.29, 1.82) is 0 Å². The highest BCUT2D eigenvalue weighted by Gasteiger charge is 2.54. The van der Waals surface area contributed by atoms with Crippen LogP contribution in [0, 0.1) is 5.41 Å². The second-order valence-electron chi connectivity index (χ2n) is 6.29. The smallest absolute Gasteiger partial charge is 0.144 e. The Labute approximate surface area is 99.3 Å². The summed E-state index contributed by atoms with van der Waals surface area (Å²) in [5.74, 6) is 0. The van der Waals surface area contributed by atoms with Crippen molar-refractivity contribution in [2.24, 2.45) is 9.81 Å². The van der Waals surface area contributed by atoms with E-state index < -0.39 is 16.7 Å². The zero-order valence-electron chi connectivity index (χ0n) is 10.3. The van der Waals surface area contributed by atoms with Gasteiger partial charge < -0.3 is 0 Å². The summed E-state index contributed by atoms with van der Waals surface area (Å²) in [5, 5.41) is 0.